The lowest BCUT2D eigenvalue weighted by Crippen LogP contribution is -2.43. The minimum atomic E-state index is -3.12. The van der Waals surface area contributed by atoms with Crippen LogP contribution in [0.15, 0.2) is 11.6 Å². The second-order valence-electron chi connectivity index (χ2n) is 6.74. The van der Waals surface area contributed by atoms with E-state index in [1.54, 1.807) is 11.3 Å². The predicted octanol–water partition coefficient (Wildman–Crippen LogP) is 0.673. The van der Waals surface area contributed by atoms with E-state index in [1.165, 1.54) is 0 Å². The Balaban J connectivity index is 1.42. The lowest BCUT2D eigenvalue weighted by molar-refractivity contribution is 0.128. The zero-order valence-electron chi connectivity index (χ0n) is 12.4. The minimum absolute atomic E-state index is 0.0702. The Bertz CT molecular complexity index is 630. The highest BCUT2D eigenvalue weighted by Gasteiger charge is 2.51. The van der Waals surface area contributed by atoms with Gasteiger partial charge in [-0.3, -0.25) is 4.90 Å². The van der Waals surface area contributed by atoms with Crippen molar-refractivity contribution in [1.82, 2.24) is 14.6 Å². The van der Waals surface area contributed by atoms with Gasteiger partial charge in [-0.2, -0.15) is 0 Å². The van der Waals surface area contributed by atoms with E-state index in [-0.39, 0.29) is 10.7 Å². The maximum atomic E-state index is 12.1. The molecule has 22 heavy (non-hydrogen) atoms. The Kier molecular flexibility index (Phi) is 3.77. The molecule has 0 amide bonds. The van der Waals surface area contributed by atoms with Crippen LogP contribution in [-0.2, 0) is 21.3 Å². The summed E-state index contributed by atoms with van der Waals surface area (Å²) in [5.41, 5.74) is -0.0702. The lowest BCUT2D eigenvalue weighted by atomic mass is 9.81. The Morgan fingerprint density at radius 2 is 2.36 bits per heavy atom. The van der Waals surface area contributed by atoms with Crippen LogP contribution in [-0.4, -0.2) is 56.4 Å². The van der Waals surface area contributed by atoms with E-state index in [0.717, 1.165) is 44.1 Å². The number of hydrogen-bond donors (Lipinski definition) is 1. The van der Waals surface area contributed by atoms with E-state index < -0.39 is 10.0 Å². The summed E-state index contributed by atoms with van der Waals surface area (Å²) in [6, 6.07) is 0. The van der Waals surface area contributed by atoms with Gasteiger partial charge in [-0.15, -0.1) is 11.3 Å². The molecule has 1 aromatic heterocycles. The summed E-state index contributed by atoms with van der Waals surface area (Å²) in [5, 5.41) is 2.96. The highest BCUT2D eigenvalue weighted by atomic mass is 32.2. The van der Waals surface area contributed by atoms with Gasteiger partial charge < -0.3 is 4.74 Å². The molecular formula is C14H21N3O3S2. The fraction of sp³-hybridized carbons (Fsp3) is 0.786. The van der Waals surface area contributed by atoms with Crippen molar-refractivity contribution in [3.63, 3.8) is 0 Å². The second kappa shape index (κ2) is 5.52. The third kappa shape index (κ3) is 2.82. The van der Waals surface area contributed by atoms with E-state index in [2.05, 4.69) is 14.6 Å². The van der Waals surface area contributed by atoms with Gasteiger partial charge in [0.05, 0.1) is 25.0 Å². The van der Waals surface area contributed by atoms with E-state index in [9.17, 15) is 8.42 Å². The van der Waals surface area contributed by atoms with Crippen LogP contribution in [0.5, 0.6) is 0 Å². The van der Waals surface area contributed by atoms with Gasteiger partial charge in [0.2, 0.25) is 10.0 Å². The largest absolute Gasteiger partial charge is 0.380 e. The molecule has 1 saturated carbocycles. The SMILES string of the molecule is O=S(=O)(NC[C@]12COC[C@H]1CN(Cc1nccs1)C2)C1CC1. The van der Waals surface area contributed by atoms with E-state index in [1.807, 2.05) is 11.6 Å². The van der Waals surface area contributed by atoms with Gasteiger partial charge in [0, 0.05) is 42.5 Å². The molecular weight excluding hydrogens is 322 g/mol. The van der Waals surface area contributed by atoms with Gasteiger partial charge in [0.1, 0.15) is 5.01 Å². The number of rotatable bonds is 6. The minimum Gasteiger partial charge on any atom is -0.380 e. The van der Waals surface area contributed by atoms with Crippen LogP contribution in [0, 0.1) is 11.3 Å². The van der Waals surface area contributed by atoms with Gasteiger partial charge in [0.25, 0.3) is 0 Å². The molecule has 6 nitrogen and oxygen atoms in total. The Morgan fingerprint density at radius 3 is 3.09 bits per heavy atom. The van der Waals surface area contributed by atoms with Gasteiger partial charge in [0.15, 0.2) is 0 Å². The monoisotopic (exact) mass is 343 g/mol. The summed E-state index contributed by atoms with van der Waals surface area (Å²) >= 11 is 1.67. The molecule has 0 unspecified atom stereocenters. The third-order valence-electron chi connectivity index (χ3n) is 5.02. The van der Waals surface area contributed by atoms with Crippen molar-refractivity contribution in [2.24, 2.45) is 11.3 Å². The molecule has 1 aliphatic carbocycles. The summed E-state index contributed by atoms with van der Waals surface area (Å²) in [6.45, 7) is 4.59. The second-order valence-corrected chi connectivity index (χ2v) is 9.76. The molecule has 0 aromatic carbocycles. The van der Waals surface area contributed by atoms with Gasteiger partial charge in [-0.1, -0.05) is 0 Å². The number of fused-ring (bicyclic) bond motifs is 1. The molecule has 4 rings (SSSR count). The van der Waals surface area contributed by atoms with Crippen molar-refractivity contribution < 1.29 is 13.2 Å². The molecule has 3 fully saturated rings. The first-order chi connectivity index (χ1) is 10.6. The smallest absolute Gasteiger partial charge is 0.214 e. The van der Waals surface area contributed by atoms with E-state index in [4.69, 9.17) is 4.74 Å². The fourth-order valence-electron chi connectivity index (χ4n) is 3.58. The van der Waals surface area contributed by atoms with Crippen LogP contribution >= 0.6 is 11.3 Å². The standard InChI is InChI=1S/C14H21N3O3S2/c18-22(19,12-1-2-12)16-8-14-9-17(5-11(14)7-20-10-14)6-13-15-3-4-21-13/h3-4,11-12,16H,1-2,5-10H2/t11-,14+/m1/s1. The third-order valence-corrected chi connectivity index (χ3v) is 7.68. The first kappa shape index (κ1) is 15.0. The van der Waals surface area contributed by atoms with Crippen molar-refractivity contribution in [3.8, 4) is 0 Å². The zero-order valence-corrected chi connectivity index (χ0v) is 14.0. The summed E-state index contributed by atoms with van der Waals surface area (Å²) in [7, 11) is -3.12. The van der Waals surface area contributed by atoms with Crippen molar-refractivity contribution in [1.29, 1.82) is 0 Å². The maximum absolute atomic E-state index is 12.1. The summed E-state index contributed by atoms with van der Waals surface area (Å²) in [4.78, 5) is 6.73. The Hall–Kier alpha value is -0.540. The van der Waals surface area contributed by atoms with Crippen LogP contribution in [0.25, 0.3) is 0 Å². The molecule has 2 saturated heterocycles. The summed E-state index contributed by atoms with van der Waals surface area (Å²) in [6.07, 6.45) is 3.44. The average Bonchev–Trinajstić information content (AvgIpc) is 2.95. The van der Waals surface area contributed by atoms with Crippen LogP contribution in [0.4, 0.5) is 0 Å². The topological polar surface area (TPSA) is 71.5 Å². The quantitative estimate of drug-likeness (QED) is 0.822. The molecule has 1 aromatic rings. The van der Waals surface area contributed by atoms with Gasteiger partial charge >= 0.3 is 0 Å². The number of nitrogens with zero attached hydrogens (tertiary/aromatic N) is 2. The molecule has 0 radical (unpaired) electrons. The normalized spacial score (nSPS) is 32.5. The molecule has 8 heteroatoms. The average molecular weight is 343 g/mol. The lowest BCUT2D eigenvalue weighted by Gasteiger charge is -2.27. The summed E-state index contributed by atoms with van der Waals surface area (Å²) < 4.78 is 32.7. The van der Waals surface area contributed by atoms with E-state index in [0.29, 0.717) is 19.1 Å². The maximum Gasteiger partial charge on any atom is 0.214 e. The van der Waals surface area contributed by atoms with Gasteiger partial charge in [-0.25, -0.2) is 18.1 Å². The van der Waals surface area contributed by atoms with Crippen LogP contribution in [0.1, 0.15) is 17.8 Å². The molecule has 3 heterocycles. The van der Waals surface area contributed by atoms with Crippen LogP contribution < -0.4 is 4.72 Å². The number of sulfonamides is 1. The number of hydrogen-bond acceptors (Lipinski definition) is 6. The molecule has 3 aliphatic rings. The van der Waals surface area contributed by atoms with Gasteiger partial charge in [-0.05, 0) is 12.8 Å². The van der Waals surface area contributed by atoms with Crippen LogP contribution in [0.3, 0.4) is 0 Å². The molecule has 0 spiro atoms. The highest BCUT2D eigenvalue weighted by molar-refractivity contribution is 7.90. The Labute approximate surface area is 134 Å². The Morgan fingerprint density at radius 1 is 1.50 bits per heavy atom. The van der Waals surface area contributed by atoms with Crippen molar-refractivity contribution >= 4 is 21.4 Å². The van der Waals surface area contributed by atoms with Crippen molar-refractivity contribution in [2.45, 2.75) is 24.6 Å². The predicted molar refractivity (Wildman–Crippen MR) is 84.1 cm³/mol. The molecule has 1 N–H and O–H groups in total. The fourth-order valence-corrected chi connectivity index (χ4v) is 5.71. The number of nitrogens with one attached hydrogen (secondary N) is 1. The number of thiazole rings is 1. The summed E-state index contributed by atoms with van der Waals surface area (Å²) in [5.74, 6) is 0.411. The van der Waals surface area contributed by atoms with Crippen molar-refractivity contribution in [2.75, 3.05) is 32.8 Å². The number of aromatic nitrogens is 1. The molecule has 0 bridgehead atoms. The first-order valence-corrected chi connectivity index (χ1v) is 10.2. The van der Waals surface area contributed by atoms with Crippen molar-refractivity contribution in [3.05, 3.63) is 16.6 Å². The number of likely N-dealkylation sites (tertiary alicyclic amines) is 1. The molecule has 2 aliphatic heterocycles. The molecule has 122 valence electrons. The van der Waals surface area contributed by atoms with Crippen LogP contribution in [0.2, 0.25) is 0 Å². The highest BCUT2D eigenvalue weighted by Crippen LogP contribution is 2.42. The number of ether oxygens (including phenoxy) is 1. The molecule has 2 atom stereocenters. The first-order valence-electron chi connectivity index (χ1n) is 7.74. The zero-order chi connectivity index (χ0) is 15.2. The van der Waals surface area contributed by atoms with E-state index >= 15 is 0 Å².